The minimum atomic E-state index is 0.446. The first kappa shape index (κ1) is 17.4. The summed E-state index contributed by atoms with van der Waals surface area (Å²) in [6, 6.07) is 15.4. The van der Waals surface area contributed by atoms with Crippen molar-refractivity contribution in [2.24, 2.45) is 0 Å². The molecule has 26 heavy (non-hydrogen) atoms. The third-order valence-electron chi connectivity index (χ3n) is 3.35. The van der Waals surface area contributed by atoms with Crippen LogP contribution in [0.2, 0.25) is 0 Å². The molecule has 2 aromatic carbocycles. The van der Waals surface area contributed by atoms with Crippen LogP contribution in [0.15, 0.2) is 71.6 Å². The summed E-state index contributed by atoms with van der Waals surface area (Å²) in [5, 5.41) is 12.6. The fraction of sp³-hybridized carbons (Fsp3) is 0.0588. The minimum absolute atomic E-state index is 0.446. The molecular weight excluding hydrogens is 484 g/mol. The Morgan fingerprint density at radius 1 is 0.923 bits per heavy atom. The molecular formula is C17H10Br2N4O2S. The first-order chi connectivity index (χ1) is 12.7. The van der Waals surface area contributed by atoms with Gasteiger partial charge in [-0.3, -0.25) is 0 Å². The average molecular weight is 494 g/mol. The summed E-state index contributed by atoms with van der Waals surface area (Å²) in [6.45, 7) is 0. The molecule has 9 heteroatoms. The molecule has 130 valence electrons. The molecule has 0 bridgehead atoms. The summed E-state index contributed by atoms with van der Waals surface area (Å²) in [6.07, 6.45) is 0. The molecule has 0 unspecified atom stereocenters. The van der Waals surface area contributed by atoms with Crippen LogP contribution in [-0.4, -0.2) is 20.3 Å². The third-order valence-corrected chi connectivity index (χ3v) is 5.14. The van der Waals surface area contributed by atoms with Crippen molar-refractivity contribution >= 4 is 43.6 Å². The summed E-state index contributed by atoms with van der Waals surface area (Å²) >= 11 is 8.21. The molecule has 0 spiro atoms. The fourth-order valence-electron chi connectivity index (χ4n) is 2.19. The minimum Gasteiger partial charge on any atom is -0.411 e. The van der Waals surface area contributed by atoms with Crippen molar-refractivity contribution in [1.29, 1.82) is 0 Å². The van der Waals surface area contributed by atoms with E-state index in [0.717, 1.165) is 20.1 Å². The highest BCUT2D eigenvalue weighted by Crippen LogP contribution is 2.27. The van der Waals surface area contributed by atoms with Crippen molar-refractivity contribution in [2.75, 3.05) is 0 Å². The molecule has 0 aliphatic rings. The molecule has 4 aromatic rings. The average Bonchev–Trinajstić information content (AvgIpc) is 3.30. The standard InChI is InChI=1S/C17H10Br2N4O2S/c18-12-5-1-3-10(7-12)15-20-14(25-23-15)9-26-17-22-21-16(24-17)11-4-2-6-13(19)8-11/h1-8H,9H2. The number of hydrogen-bond donors (Lipinski definition) is 0. The van der Waals surface area contributed by atoms with Gasteiger partial charge in [-0.25, -0.2) is 0 Å². The largest absolute Gasteiger partial charge is 0.411 e. The molecule has 4 rings (SSSR count). The number of aromatic nitrogens is 4. The zero-order valence-electron chi connectivity index (χ0n) is 13.1. The maximum Gasteiger partial charge on any atom is 0.277 e. The lowest BCUT2D eigenvalue weighted by atomic mass is 10.2. The van der Waals surface area contributed by atoms with Crippen molar-refractivity contribution in [2.45, 2.75) is 11.0 Å². The Hall–Kier alpha value is -1.97. The van der Waals surface area contributed by atoms with Crippen LogP contribution in [0.4, 0.5) is 0 Å². The van der Waals surface area contributed by atoms with E-state index in [1.165, 1.54) is 11.8 Å². The second-order valence-electron chi connectivity index (χ2n) is 5.19. The molecule has 0 atom stereocenters. The molecule has 0 saturated heterocycles. The van der Waals surface area contributed by atoms with Gasteiger partial charge in [-0.1, -0.05) is 67.0 Å². The number of halogens is 2. The molecule has 0 radical (unpaired) electrons. The van der Waals surface area contributed by atoms with Crippen molar-refractivity contribution in [3.63, 3.8) is 0 Å². The molecule has 0 amide bonds. The maximum absolute atomic E-state index is 5.68. The van der Waals surface area contributed by atoms with Crippen LogP contribution >= 0.6 is 43.6 Å². The predicted octanol–water partition coefficient (Wildman–Crippen LogP) is 5.60. The van der Waals surface area contributed by atoms with Crippen molar-refractivity contribution in [1.82, 2.24) is 20.3 Å². The number of rotatable bonds is 5. The highest BCUT2D eigenvalue weighted by Gasteiger charge is 2.13. The highest BCUT2D eigenvalue weighted by atomic mass is 79.9. The molecule has 0 saturated carbocycles. The van der Waals surface area contributed by atoms with Crippen LogP contribution in [-0.2, 0) is 5.75 Å². The Balaban J connectivity index is 1.44. The topological polar surface area (TPSA) is 77.8 Å². The second-order valence-corrected chi connectivity index (χ2v) is 7.95. The monoisotopic (exact) mass is 492 g/mol. The van der Waals surface area contributed by atoms with Gasteiger partial charge in [-0.2, -0.15) is 4.98 Å². The van der Waals surface area contributed by atoms with E-state index in [-0.39, 0.29) is 0 Å². The highest BCUT2D eigenvalue weighted by molar-refractivity contribution is 9.10. The quantitative estimate of drug-likeness (QED) is 0.334. The lowest BCUT2D eigenvalue weighted by Gasteiger charge is -1.95. The van der Waals surface area contributed by atoms with Gasteiger partial charge < -0.3 is 8.94 Å². The molecule has 2 heterocycles. The SMILES string of the molecule is Brc1cccc(-c2noc(CSc3nnc(-c4cccc(Br)c4)o3)n2)c1. The van der Waals surface area contributed by atoms with E-state index in [1.807, 2.05) is 48.5 Å². The van der Waals surface area contributed by atoms with Crippen LogP contribution in [0, 0.1) is 0 Å². The van der Waals surface area contributed by atoms with Gasteiger partial charge in [0.05, 0.1) is 5.75 Å². The summed E-state index contributed by atoms with van der Waals surface area (Å²) in [4.78, 5) is 4.40. The molecule has 2 aromatic heterocycles. The smallest absolute Gasteiger partial charge is 0.277 e. The van der Waals surface area contributed by atoms with Gasteiger partial charge in [0.2, 0.25) is 17.6 Å². The number of nitrogens with zero attached hydrogens (tertiary/aromatic N) is 4. The summed E-state index contributed by atoms with van der Waals surface area (Å²) in [5.41, 5.74) is 1.74. The Morgan fingerprint density at radius 3 is 2.42 bits per heavy atom. The van der Waals surface area contributed by atoms with Gasteiger partial charge in [0.1, 0.15) is 0 Å². The zero-order chi connectivity index (χ0) is 17.9. The van der Waals surface area contributed by atoms with Crippen LogP contribution < -0.4 is 0 Å². The number of hydrogen-bond acceptors (Lipinski definition) is 7. The van der Waals surface area contributed by atoms with E-state index >= 15 is 0 Å². The van der Waals surface area contributed by atoms with E-state index in [2.05, 4.69) is 52.2 Å². The van der Waals surface area contributed by atoms with Gasteiger partial charge in [0.25, 0.3) is 5.22 Å². The van der Waals surface area contributed by atoms with Gasteiger partial charge in [0, 0.05) is 20.1 Å². The summed E-state index contributed by atoms with van der Waals surface area (Å²) in [5.74, 6) is 1.95. The Morgan fingerprint density at radius 2 is 1.65 bits per heavy atom. The lowest BCUT2D eigenvalue weighted by Crippen LogP contribution is -1.83. The van der Waals surface area contributed by atoms with Crippen LogP contribution in [0.1, 0.15) is 5.89 Å². The summed E-state index contributed by atoms with van der Waals surface area (Å²) in [7, 11) is 0. The van der Waals surface area contributed by atoms with Gasteiger partial charge in [0.15, 0.2) is 0 Å². The third kappa shape index (κ3) is 4.05. The van der Waals surface area contributed by atoms with Crippen molar-refractivity contribution < 1.29 is 8.94 Å². The van der Waals surface area contributed by atoms with Gasteiger partial charge >= 0.3 is 0 Å². The van der Waals surface area contributed by atoms with E-state index in [0.29, 0.717) is 28.6 Å². The normalized spacial score (nSPS) is 11.0. The number of thioether (sulfide) groups is 1. The van der Waals surface area contributed by atoms with Crippen molar-refractivity contribution in [3.05, 3.63) is 63.4 Å². The molecule has 0 fully saturated rings. The molecule has 0 N–H and O–H groups in total. The fourth-order valence-corrected chi connectivity index (χ4v) is 3.59. The van der Waals surface area contributed by atoms with E-state index < -0.39 is 0 Å². The Labute approximate surface area is 169 Å². The lowest BCUT2D eigenvalue weighted by molar-refractivity contribution is 0.391. The van der Waals surface area contributed by atoms with E-state index in [4.69, 9.17) is 8.94 Å². The number of benzene rings is 2. The van der Waals surface area contributed by atoms with Crippen molar-refractivity contribution in [3.8, 4) is 22.8 Å². The summed E-state index contributed by atoms with van der Waals surface area (Å²) < 4.78 is 12.9. The first-order valence-electron chi connectivity index (χ1n) is 7.48. The van der Waals surface area contributed by atoms with Crippen LogP contribution in [0.5, 0.6) is 0 Å². The Bertz CT molecular complexity index is 967. The van der Waals surface area contributed by atoms with Gasteiger partial charge in [-0.05, 0) is 30.3 Å². The molecule has 6 nitrogen and oxygen atoms in total. The second kappa shape index (κ2) is 7.73. The van der Waals surface area contributed by atoms with E-state index in [9.17, 15) is 0 Å². The zero-order valence-corrected chi connectivity index (χ0v) is 17.1. The molecule has 0 aliphatic heterocycles. The van der Waals surface area contributed by atoms with Crippen LogP contribution in [0.3, 0.4) is 0 Å². The van der Waals surface area contributed by atoms with Crippen LogP contribution in [0.25, 0.3) is 22.8 Å². The Kier molecular flexibility index (Phi) is 5.18. The van der Waals surface area contributed by atoms with Gasteiger partial charge in [-0.15, -0.1) is 10.2 Å². The first-order valence-corrected chi connectivity index (χ1v) is 10.1. The van der Waals surface area contributed by atoms with E-state index in [1.54, 1.807) is 0 Å². The predicted molar refractivity (Wildman–Crippen MR) is 104 cm³/mol. The molecule has 0 aliphatic carbocycles. The maximum atomic E-state index is 5.68.